The third-order valence-corrected chi connectivity index (χ3v) is 6.88. The molecule has 0 aliphatic heterocycles. The van der Waals surface area contributed by atoms with E-state index >= 15 is 0 Å². The van der Waals surface area contributed by atoms with Gasteiger partial charge in [0.1, 0.15) is 10.4 Å². The summed E-state index contributed by atoms with van der Waals surface area (Å²) in [5.74, 6) is -0.331. The zero-order chi connectivity index (χ0) is 23.8. The Balaban J connectivity index is 1.94. The summed E-state index contributed by atoms with van der Waals surface area (Å²) in [5, 5.41) is 3.69. The number of fused-ring (bicyclic) bond motifs is 1. The second-order valence-electron chi connectivity index (χ2n) is 10.0. The van der Waals surface area contributed by atoms with Gasteiger partial charge < -0.3 is 14.8 Å². The molecule has 2 aromatic rings. The van der Waals surface area contributed by atoms with Crippen LogP contribution in [0.4, 0.5) is 0 Å². The molecule has 178 valence electrons. The third-order valence-electron chi connectivity index (χ3n) is 5.57. The molecule has 32 heavy (non-hydrogen) atoms. The molecule has 0 spiro atoms. The molecule has 8 nitrogen and oxygen atoms in total. The van der Waals surface area contributed by atoms with E-state index in [4.69, 9.17) is 9.47 Å². The van der Waals surface area contributed by atoms with Crippen LogP contribution in [0.2, 0.25) is 0 Å². The van der Waals surface area contributed by atoms with Crippen LogP contribution in [0.15, 0.2) is 9.59 Å². The van der Waals surface area contributed by atoms with Gasteiger partial charge >= 0.3 is 11.7 Å². The Kier molecular flexibility index (Phi) is 7.02. The van der Waals surface area contributed by atoms with E-state index in [9.17, 15) is 14.4 Å². The molecular formula is C23H35N3O5S. The van der Waals surface area contributed by atoms with Crippen LogP contribution in [-0.4, -0.2) is 40.0 Å². The molecule has 3 rings (SSSR count). The zero-order valence-electron chi connectivity index (χ0n) is 20.2. The van der Waals surface area contributed by atoms with Gasteiger partial charge in [-0.15, -0.1) is 11.3 Å². The van der Waals surface area contributed by atoms with E-state index in [1.807, 2.05) is 48.5 Å². The number of carbonyl (C=O) groups excluding carboxylic acids is 1. The van der Waals surface area contributed by atoms with E-state index in [1.165, 1.54) is 15.9 Å². The van der Waals surface area contributed by atoms with Crippen molar-refractivity contribution in [1.29, 1.82) is 0 Å². The third kappa shape index (κ3) is 5.32. The van der Waals surface area contributed by atoms with Gasteiger partial charge in [-0.3, -0.25) is 18.7 Å². The fourth-order valence-electron chi connectivity index (χ4n) is 3.67. The number of hydrogen-bond donors (Lipinski definition) is 1. The lowest BCUT2D eigenvalue weighted by molar-refractivity contribution is -0.153. The van der Waals surface area contributed by atoms with Crippen LogP contribution in [0.5, 0.6) is 0 Å². The molecule has 1 aliphatic carbocycles. The van der Waals surface area contributed by atoms with Crippen molar-refractivity contribution in [2.45, 2.75) is 91.6 Å². The molecule has 0 saturated heterocycles. The maximum Gasteiger partial charge on any atom is 0.332 e. The van der Waals surface area contributed by atoms with Crippen LogP contribution < -0.4 is 16.6 Å². The smallest absolute Gasteiger partial charge is 0.332 e. The molecule has 2 aromatic heterocycles. The number of rotatable bonds is 9. The van der Waals surface area contributed by atoms with Gasteiger partial charge in [0.15, 0.2) is 0 Å². The van der Waals surface area contributed by atoms with Gasteiger partial charge in [0.25, 0.3) is 5.56 Å². The van der Waals surface area contributed by atoms with Crippen LogP contribution >= 0.6 is 11.3 Å². The molecule has 9 heteroatoms. The Morgan fingerprint density at radius 3 is 2.47 bits per heavy atom. The van der Waals surface area contributed by atoms with E-state index in [2.05, 4.69) is 5.32 Å². The fraction of sp³-hybridized carbons (Fsp3) is 0.696. The van der Waals surface area contributed by atoms with Gasteiger partial charge in [-0.1, -0.05) is 0 Å². The molecule has 0 bridgehead atoms. The summed E-state index contributed by atoms with van der Waals surface area (Å²) in [4.78, 5) is 40.3. The normalized spacial score (nSPS) is 15.5. The molecular weight excluding hydrogens is 430 g/mol. The van der Waals surface area contributed by atoms with Gasteiger partial charge in [0.05, 0.1) is 36.7 Å². The maximum atomic E-state index is 13.4. The Hall–Kier alpha value is -1.97. The highest BCUT2D eigenvalue weighted by atomic mass is 32.1. The predicted molar refractivity (Wildman–Crippen MR) is 127 cm³/mol. The summed E-state index contributed by atoms with van der Waals surface area (Å²) < 4.78 is 14.1. The lowest BCUT2D eigenvalue weighted by Gasteiger charge is -2.19. The first kappa shape index (κ1) is 24.7. The molecule has 0 amide bonds. The molecule has 1 aliphatic rings. The van der Waals surface area contributed by atoms with Crippen molar-refractivity contribution < 1.29 is 14.3 Å². The molecule has 0 radical (unpaired) electrons. The van der Waals surface area contributed by atoms with Crippen LogP contribution in [-0.2, 0) is 32.9 Å². The summed E-state index contributed by atoms with van der Waals surface area (Å²) in [6, 6.07) is 0. The van der Waals surface area contributed by atoms with Crippen molar-refractivity contribution >= 4 is 27.5 Å². The topological polar surface area (TPSA) is 91.6 Å². The second-order valence-corrected chi connectivity index (χ2v) is 11.1. The van der Waals surface area contributed by atoms with Crippen LogP contribution in [0, 0.1) is 6.92 Å². The Bertz CT molecular complexity index is 1120. The summed E-state index contributed by atoms with van der Waals surface area (Å²) in [5.41, 5.74) is -0.595. The van der Waals surface area contributed by atoms with E-state index in [0.29, 0.717) is 29.9 Å². The van der Waals surface area contributed by atoms with E-state index in [0.717, 1.165) is 23.3 Å². The molecule has 1 saturated carbocycles. The summed E-state index contributed by atoms with van der Waals surface area (Å²) in [7, 11) is 0. The molecule has 0 atom stereocenters. The minimum absolute atomic E-state index is 0.0609. The standard InChI is InChI=1S/C23H35N3O5S/c1-14(2)30-11-10-25-20-18(19(28)26(21(25)29)23(7)8-9-23)15(3)16(32-20)12-24-13-17(27)31-22(4,5)6/h14,24H,8-13H2,1-7H3. The summed E-state index contributed by atoms with van der Waals surface area (Å²) >= 11 is 1.42. The first-order valence-electron chi connectivity index (χ1n) is 11.2. The van der Waals surface area contributed by atoms with Gasteiger partial charge in [0.2, 0.25) is 0 Å². The van der Waals surface area contributed by atoms with Gasteiger partial charge in [-0.25, -0.2) is 4.79 Å². The number of esters is 1. The number of nitrogens with zero attached hydrogens (tertiary/aromatic N) is 2. The average Bonchev–Trinajstić information content (AvgIpc) is 3.29. The van der Waals surface area contributed by atoms with Gasteiger partial charge in [-0.2, -0.15) is 0 Å². The quantitative estimate of drug-likeness (QED) is 0.573. The molecule has 0 unspecified atom stereocenters. The van der Waals surface area contributed by atoms with Gasteiger partial charge in [0, 0.05) is 11.4 Å². The zero-order valence-corrected chi connectivity index (χ0v) is 21.0. The van der Waals surface area contributed by atoms with E-state index in [-0.39, 0.29) is 29.9 Å². The predicted octanol–water partition coefficient (Wildman–Crippen LogP) is 2.90. The monoisotopic (exact) mass is 465 g/mol. The summed E-state index contributed by atoms with van der Waals surface area (Å²) in [6.45, 7) is 14.5. The number of nitrogens with one attached hydrogen (secondary N) is 1. The van der Waals surface area contributed by atoms with Crippen LogP contribution in [0.25, 0.3) is 10.2 Å². The molecule has 1 N–H and O–H groups in total. The Labute approximate surface area is 192 Å². The average molecular weight is 466 g/mol. The minimum atomic E-state index is -0.537. The largest absolute Gasteiger partial charge is 0.459 e. The minimum Gasteiger partial charge on any atom is -0.459 e. The number of carbonyl (C=O) groups is 1. The number of aryl methyl sites for hydroxylation is 1. The first-order chi connectivity index (χ1) is 14.8. The van der Waals surface area contributed by atoms with Crippen LogP contribution in [0.3, 0.4) is 0 Å². The molecule has 2 heterocycles. The molecule has 1 fully saturated rings. The Morgan fingerprint density at radius 1 is 1.25 bits per heavy atom. The van der Waals surface area contributed by atoms with Crippen molar-refractivity contribution in [2.24, 2.45) is 0 Å². The van der Waals surface area contributed by atoms with Crippen molar-refractivity contribution in [3.05, 3.63) is 31.3 Å². The lowest BCUT2D eigenvalue weighted by Crippen LogP contribution is -2.45. The van der Waals surface area contributed by atoms with Crippen molar-refractivity contribution in [2.75, 3.05) is 13.2 Å². The van der Waals surface area contributed by atoms with E-state index < -0.39 is 11.1 Å². The summed E-state index contributed by atoms with van der Waals surface area (Å²) in [6.07, 6.45) is 1.71. The van der Waals surface area contributed by atoms with Crippen molar-refractivity contribution in [3.63, 3.8) is 0 Å². The SMILES string of the molecule is Cc1c(CNCC(=O)OC(C)(C)C)sc2c1c(=O)n(C1(C)CC1)c(=O)n2CCOC(C)C. The number of aromatic nitrogens is 2. The highest BCUT2D eigenvalue weighted by Gasteiger charge is 2.43. The van der Waals surface area contributed by atoms with Crippen molar-refractivity contribution in [1.82, 2.24) is 14.5 Å². The number of thiophene rings is 1. The van der Waals surface area contributed by atoms with Crippen molar-refractivity contribution in [3.8, 4) is 0 Å². The number of hydrogen-bond acceptors (Lipinski definition) is 7. The van der Waals surface area contributed by atoms with E-state index in [1.54, 1.807) is 4.57 Å². The number of ether oxygens (including phenoxy) is 2. The lowest BCUT2D eigenvalue weighted by atomic mass is 10.2. The first-order valence-corrected chi connectivity index (χ1v) is 12.0. The highest BCUT2D eigenvalue weighted by molar-refractivity contribution is 7.18. The van der Waals surface area contributed by atoms with Gasteiger partial charge in [-0.05, 0) is 66.9 Å². The van der Waals surface area contributed by atoms with Crippen LogP contribution in [0.1, 0.15) is 64.8 Å². The second kappa shape index (κ2) is 9.11. The highest BCUT2D eigenvalue weighted by Crippen LogP contribution is 2.41. The Morgan fingerprint density at radius 2 is 1.91 bits per heavy atom. The molecule has 0 aromatic carbocycles. The maximum absolute atomic E-state index is 13.4. The fourth-order valence-corrected chi connectivity index (χ4v) is 4.96.